The number of hydrazone groups is 1. The summed E-state index contributed by atoms with van der Waals surface area (Å²) in [5.41, 5.74) is 3.85. The third-order valence-electron chi connectivity index (χ3n) is 4.59. The smallest absolute Gasteiger partial charge is 0.285 e. The summed E-state index contributed by atoms with van der Waals surface area (Å²) < 4.78 is 6.08. The monoisotopic (exact) mass is 423 g/mol. The average Bonchev–Trinajstić information content (AvgIpc) is 3.34. The summed E-state index contributed by atoms with van der Waals surface area (Å²) in [6, 6.07) is 23.7. The number of benzene rings is 2. The minimum Gasteiger partial charge on any atom is -0.463 e. The van der Waals surface area contributed by atoms with Crippen LogP contribution in [0.15, 0.2) is 93.4 Å². The Balaban J connectivity index is 1.75. The maximum atomic E-state index is 13.0. The van der Waals surface area contributed by atoms with E-state index in [4.69, 9.17) is 4.42 Å². The molecule has 0 aliphatic carbocycles. The molecule has 1 N–H and O–H groups in total. The highest BCUT2D eigenvalue weighted by atomic mass is 16.3. The number of rotatable bonds is 6. The van der Waals surface area contributed by atoms with Crippen LogP contribution in [0.1, 0.15) is 11.3 Å². The number of carbonyl (C=O) groups excluding carboxylic acids is 1. The Morgan fingerprint density at radius 1 is 1.06 bits per heavy atom. The predicted octanol–water partition coefficient (Wildman–Crippen LogP) is 3.19. The third-order valence-corrected chi connectivity index (χ3v) is 4.59. The lowest BCUT2D eigenvalue weighted by molar-refractivity contribution is -0.121. The first kappa shape index (κ1) is 20.5. The second-order valence-electron chi connectivity index (χ2n) is 6.71. The SMILES string of the molecule is N#Cc1c(-c2ccccc2)c(-c2ccccc2)nn(CC(=O)N/N=C/c2ccco2)c1=O. The molecule has 0 fully saturated rings. The van der Waals surface area contributed by atoms with Crippen LogP contribution in [0.4, 0.5) is 0 Å². The Bertz CT molecular complexity index is 1350. The van der Waals surface area contributed by atoms with Gasteiger partial charge in [-0.2, -0.15) is 15.5 Å². The Hall–Kier alpha value is -4.77. The van der Waals surface area contributed by atoms with Crippen molar-refractivity contribution in [3.8, 4) is 28.5 Å². The van der Waals surface area contributed by atoms with Crippen molar-refractivity contribution in [3.05, 3.63) is 101 Å². The first-order chi connectivity index (χ1) is 15.7. The molecule has 0 radical (unpaired) electrons. The lowest BCUT2D eigenvalue weighted by Gasteiger charge is -2.14. The van der Waals surface area contributed by atoms with E-state index in [1.165, 1.54) is 12.5 Å². The number of nitrogens with zero attached hydrogens (tertiary/aromatic N) is 4. The number of nitrogens with one attached hydrogen (secondary N) is 1. The Kier molecular flexibility index (Phi) is 6.00. The van der Waals surface area contributed by atoms with Crippen LogP contribution in [-0.2, 0) is 11.3 Å². The third kappa shape index (κ3) is 4.37. The van der Waals surface area contributed by atoms with Gasteiger partial charge >= 0.3 is 0 Å². The lowest BCUT2D eigenvalue weighted by atomic mass is 9.96. The maximum absolute atomic E-state index is 13.0. The average molecular weight is 423 g/mol. The van der Waals surface area contributed by atoms with Crippen LogP contribution in [0, 0.1) is 11.3 Å². The molecule has 0 bridgehead atoms. The fourth-order valence-electron chi connectivity index (χ4n) is 3.17. The molecule has 1 amide bonds. The minimum atomic E-state index is -0.656. The summed E-state index contributed by atoms with van der Waals surface area (Å²) in [7, 11) is 0. The Labute approximate surface area is 183 Å². The number of furan rings is 1. The van der Waals surface area contributed by atoms with Gasteiger partial charge in [-0.15, -0.1) is 0 Å². The van der Waals surface area contributed by atoms with E-state index in [2.05, 4.69) is 15.6 Å². The van der Waals surface area contributed by atoms with Gasteiger partial charge in [0.15, 0.2) is 0 Å². The quantitative estimate of drug-likeness (QED) is 0.378. The molecule has 2 aromatic heterocycles. The Morgan fingerprint density at radius 3 is 2.38 bits per heavy atom. The summed E-state index contributed by atoms with van der Waals surface area (Å²) in [6.45, 7) is -0.405. The highest BCUT2D eigenvalue weighted by Gasteiger charge is 2.21. The molecule has 0 spiro atoms. The number of amides is 1. The van der Waals surface area contributed by atoms with E-state index in [0.29, 0.717) is 28.1 Å². The number of carbonyl (C=O) groups is 1. The summed E-state index contributed by atoms with van der Waals surface area (Å²) in [5, 5.41) is 18.1. The molecular formula is C24H17N5O3. The molecule has 32 heavy (non-hydrogen) atoms. The van der Waals surface area contributed by atoms with Crippen LogP contribution in [0.5, 0.6) is 0 Å². The van der Waals surface area contributed by atoms with Gasteiger partial charge in [-0.1, -0.05) is 60.7 Å². The molecule has 0 atom stereocenters. The van der Waals surface area contributed by atoms with Crippen LogP contribution >= 0.6 is 0 Å². The molecule has 2 aromatic carbocycles. The molecule has 0 unspecified atom stereocenters. The minimum absolute atomic E-state index is 0.0862. The topological polar surface area (TPSA) is 113 Å². The van der Waals surface area contributed by atoms with Crippen molar-refractivity contribution in [1.29, 1.82) is 5.26 Å². The van der Waals surface area contributed by atoms with E-state index in [-0.39, 0.29) is 5.56 Å². The number of aromatic nitrogens is 2. The van der Waals surface area contributed by atoms with Gasteiger partial charge in [0, 0.05) is 11.1 Å². The fourth-order valence-corrected chi connectivity index (χ4v) is 3.17. The van der Waals surface area contributed by atoms with E-state index in [0.717, 1.165) is 4.68 Å². The summed E-state index contributed by atoms with van der Waals surface area (Å²) >= 11 is 0. The normalized spacial score (nSPS) is 10.7. The molecule has 0 saturated heterocycles. The van der Waals surface area contributed by atoms with Crippen molar-refractivity contribution >= 4 is 12.1 Å². The molecule has 156 valence electrons. The molecule has 8 nitrogen and oxygen atoms in total. The van der Waals surface area contributed by atoms with Gasteiger partial charge < -0.3 is 4.42 Å². The maximum Gasteiger partial charge on any atom is 0.285 e. The second-order valence-corrected chi connectivity index (χ2v) is 6.71. The summed E-state index contributed by atoms with van der Waals surface area (Å²) in [6.07, 6.45) is 2.82. The van der Waals surface area contributed by atoms with E-state index >= 15 is 0 Å². The number of hydrogen-bond donors (Lipinski definition) is 1. The molecule has 0 aliphatic heterocycles. The van der Waals surface area contributed by atoms with E-state index < -0.39 is 18.0 Å². The summed E-state index contributed by atoms with van der Waals surface area (Å²) in [5.74, 6) is -0.108. The van der Waals surface area contributed by atoms with Crippen LogP contribution < -0.4 is 11.0 Å². The van der Waals surface area contributed by atoms with Crippen LogP contribution in [-0.4, -0.2) is 21.9 Å². The standard InChI is InChI=1S/C24H17N5O3/c25-14-20-22(17-8-3-1-4-9-17)23(18-10-5-2-6-11-18)28-29(24(20)31)16-21(30)27-26-15-19-12-7-13-32-19/h1-13,15H,16H2,(H,27,30)/b26-15+. The van der Waals surface area contributed by atoms with Crippen LogP contribution in [0.25, 0.3) is 22.4 Å². The molecule has 0 aliphatic rings. The van der Waals surface area contributed by atoms with E-state index in [1.807, 2.05) is 66.7 Å². The van der Waals surface area contributed by atoms with Crippen molar-refractivity contribution in [2.75, 3.05) is 0 Å². The van der Waals surface area contributed by atoms with Crippen molar-refractivity contribution < 1.29 is 9.21 Å². The molecule has 4 rings (SSSR count). The summed E-state index contributed by atoms with van der Waals surface area (Å²) in [4.78, 5) is 25.4. The van der Waals surface area contributed by atoms with Crippen molar-refractivity contribution in [2.24, 2.45) is 5.10 Å². The first-order valence-electron chi connectivity index (χ1n) is 9.69. The zero-order valence-corrected chi connectivity index (χ0v) is 16.8. The van der Waals surface area contributed by atoms with Gasteiger partial charge in [0.1, 0.15) is 29.6 Å². The second kappa shape index (κ2) is 9.36. The highest BCUT2D eigenvalue weighted by molar-refractivity contribution is 5.85. The number of nitriles is 1. The van der Waals surface area contributed by atoms with Gasteiger partial charge in [0.2, 0.25) is 0 Å². The predicted molar refractivity (Wildman–Crippen MR) is 119 cm³/mol. The first-order valence-corrected chi connectivity index (χ1v) is 9.69. The van der Waals surface area contributed by atoms with Crippen molar-refractivity contribution in [1.82, 2.24) is 15.2 Å². The lowest BCUT2D eigenvalue weighted by Crippen LogP contribution is -2.33. The van der Waals surface area contributed by atoms with Gasteiger partial charge in [-0.05, 0) is 17.7 Å². The van der Waals surface area contributed by atoms with Gasteiger partial charge in [-0.3, -0.25) is 9.59 Å². The molecular weight excluding hydrogens is 406 g/mol. The number of hydrogen-bond acceptors (Lipinski definition) is 6. The molecule has 0 saturated carbocycles. The van der Waals surface area contributed by atoms with Crippen molar-refractivity contribution in [3.63, 3.8) is 0 Å². The molecule has 2 heterocycles. The van der Waals surface area contributed by atoms with Gasteiger partial charge in [-0.25, -0.2) is 10.1 Å². The fraction of sp³-hybridized carbons (Fsp3) is 0.0417. The Morgan fingerprint density at radius 2 is 1.75 bits per heavy atom. The zero-order valence-electron chi connectivity index (χ0n) is 16.8. The van der Waals surface area contributed by atoms with Gasteiger partial charge in [0.25, 0.3) is 11.5 Å². The largest absolute Gasteiger partial charge is 0.463 e. The zero-order chi connectivity index (χ0) is 22.3. The van der Waals surface area contributed by atoms with Crippen LogP contribution in [0.3, 0.4) is 0 Å². The van der Waals surface area contributed by atoms with E-state index in [9.17, 15) is 14.9 Å². The molecule has 8 heteroatoms. The van der Waals surface area contributed by atoms with Crippen LogP contribution in [0.2, 0.25) is 0 Å². The van der Waals surface area contributed by atoms with E-state index in [1.54, 1.807) is 12.1 Å². The van der Waals surface area contributed by atoms with Gasteiger partial charge in [0.05, 0.1) is 12.5 Å². The molecule has 4 aromatic rings. The van der Waals surface area contributed by atoms with Crippen molar-refractivity contribution in [2.45, 2.75) is 6.54 Å². The highest BCUT2D eigenvalue weighted by Crippen LogP contribution is 2.31.